The first-order valence-electron chi connectivity index (χ1n) is 7.44. The first-order valence-corrected chi connectivity index (χ1v) is 7.44. The lowest BCUT2D eigenvalue weighted by Crippen LogP contribution is -2.29. The van der Waals surface area contributed by atoms with Gasteiger partial charge in [-0.15, -0.1) is 0 Å². The lowest BCUT2D eigenvalue weighted by atomic mass is 10.2. The Labute approximate surface area is 142 Å². The Hall–Kier alpha value is -3.68. The lowest BCUT2D eigenvalue weighted by molar-refractivity contribution is -0.132. The molecule has 8 heteroatoms. The highest BCUT2D eigenvalue weighted by atomic mass is 16.2. The van der Waals surface area contributed by atoms with Gasteiger partial charge in [0.2, 0.25) is 5.91 Å². The van der Waals surface area contributed by atoms with Crippen molar-refractivity contribution < 1.29 is 14.4 Å². The predicted octanol–water partition coefficient (Wildman–Crippen LogP) is 2.10. The van der Waals surface area contributed by atoms with E-state index in [0.29, 0.717) is 17.1 Å². The normalized spacial score (nSPS) is 10.3. The molecule has 0 radical (unpaired) electrons. The number of aromatic nitrogens is 2. The minimum Gasteiger partial charge on any atom is -0.345 e. The van der Waals surface area contributed by atoms with Gasteiger partial charge in [0.25, 0.3) is 0 Å². The van der Waals surface area contributed by atoms with Crippen molar-refractivity contribution in [3.8, 4) is 0 Å². The first-order chi connectivity index (χ1) is 12.0. The molecule has 25 heavy (non-hydrogen) atoms. The number of imidazole rings is 1. The molecule has 4 N–H and O–H groups in total. The van der Waals surface area contributed by atoms with Crippen molar-refractivity contribution in [2.75, 3.05) is 16.0 Å². The number of nitrogens with zero attached hydrogens (tertiary/aromatic N) is 1. The molecule has 3 rings (SSSR count). The number of rotatable bonds is 3. The summed E-state index contributed by atoms with van der Waals surface area (Å²) >= 11 is 0. The van der Waals surface area contributed by atoms with E-state index in [-0.39, 0.29) is 5.91 Å². The van der Waals surface area contributed by atoms with Gasteiger partial charge in [0.05, 0.1) is 17.4 Å². The third-order valence-corrected chi connectivity index (χ3v) is 3.35. The second-order valence-corrected chi connectivity index (χ2v) is 5.30. The molecule has 0 fully saturated rings. The third kappa shape index (κ3) is 3.99. The SMILES string of the molecule is CC(=O)Nc1ccc(NC(=O)C(=O)Nc2ccc3nc[nH]c3c2)cc1. The number of anilines is 3. The molecule has 3 aromatic rings. The molecule has 0 unspecified atom stereocenters. The minimum atomic E-state index is -0.794. The topological polar surface area (TPSA) is 116 Å². The average Bonchev–Trinajstić information content (AvgIpc) is 3.03. The van der Waals surface area contributed by atoms with E-state index < -0.39 is 11.8 Å². The van der Waals surface area contributed by atoms with Crippen LogP contribution < -0.4 is 16.0 Å². The predicted molar refractivity (Wildman–Crippen MR) is 94.1 cm³/mol. The van der Waals surface area contributed by atoms with Gasteiger partial charge in [0.1, 0.15) is 0 Å². The van der Waals surface area contributed by atoms with Crippen molar-refractivity contribution in [1.82, 2.24) is 9.97 Å². The van der Waals surface area contributed by atoms with Crippen LogP contribution in [0.1, 0.15) is 6.92 Å². The zero-order chi connectivity index (χ0) is 17.8. The maximum absolute atomic E-state index is 12.0. The molecule has 1 heterocycles. The number of aromatic amines is 1. The first kappa shape index (κ1) is 16.2. The van der Waals surface area contributed by atoms with Crippen molar-refractivity contribution in [2.45, 2.75) is 6.92 Å². The molecule has 0 aliphatic heterocycles. The third-order valence-electron chi connectivity index (χ3n) is 3.35. The lowest BCUT2D eigenvalue weighted by Gasteiger charge is -2.08. The molecule has 0 aliphatic rings. The molecule has 0 saturated heterocycles. The summed E-state index contributed by atoms with van der Waals surface area (Å²) in [5.74, 6) is -1.77. The number of amides is 3. The molecule has 0 aliphatic carbocycles. The molecule has 126 valence electrons. The molecule has 0 spiro atoms. The summed E-state index contributed by atoms with van der Waals surface area (Å²) in [6.45, 7) is 1.40. The number of H-pyrrole nitrogens is 1. The summed E-state index contributed by atoms with van der Waals surface area (Å²) < 4.78 is 0. The van der Waals surface area contributed by atoms with Crippen molar-refractivity contribution >= 4 is 45.8 Å². The van der Waals surface area contributed by atoms with Crippen LogP contribution in [0.3, 0.4) is 0 Å². The van der Waals surface area contributed by atoms with Crippen LogP contribution in [0.4, 0.5) is 17.1 Å². The van der Waals surface area contributed by atoms with Gasteiger partial charge < -0.3 is 20.9 Å². The highest BCUT2D eigenvalue weighted by Gasteiger charge is 2.14. The van der Waals surface area contributed by atoms with Gasteiger partial charge in [-0.05, 0) is 42.5 Å². The van der Waals surface area contributed by atoms with Crippen LogP contribution in [-0.4, -0.2) is 27.7 Å². The van der Waals surface area contributed by atoms with Crippen LogP contribution >= 0.6 is 0 Å². The summed E-state index contributed by atoms with van der Waals surface area (Å²) in [5.41, 5.74) is 3.05. The van der Waals surface area contributed by atoms with Crippen LogP contribution in [0.15, 0.2) is 48.8 Å². The smallest absolute Gasteiger partial charge is 0.314 e. The second-order valence-electron chi connectivity index (χ2n) is 5.30. The Morgan fingerprint density at radius 1 is 0.840 bits per heavy atom. The molecule has 1 aromatic heterocycles. The zero-order valence-corrected chi connectivity index (χ0v) is 13.3. The molecule has 0 bridgehead atoms. The van der Waals surface area contributed by atoms with Crippen molar-refractivity contribution in [3.63, 3.8) is 0 Å². The molecule has 2 aromatic carbocycles. The van der Waals surface area contributed by atoms with E-state index in [1.54, 1.807) is 48.8 Å². The Kier molecular flexibility index (Phi) is 4.42. The monoisotopic (exact) mass is 337 g/mol. The van der Waals surface area contributed by atoms with Crippen LogP contribution in [0.25, 0.3) is 11.0 Å². The number of carbonyl (C=O) groups excluding carboxylic acids is 3. The van der Waals surface area contributed by atoms with Gasteiger partial charge in [0, 0.05) is 24.0 Å². The van der Waals surface area contributed by atoms with Crippen LogP contribution in [0, 0.1) is 0 Å². The number of fused-ring (bicyclic) bond motifs is 1. The fourth-order valence-electron chi connectivity index (χ4n) is 2.23. The summed E-state index contributed by atoms with van der Waals surface area (Å²) in [6.07, 6.45) is 1.55. The van der Waals surface area contributed by atoms with E-state index in [2.05, 4.69) is 25.9 Å². The largest absolute Gasteiger partial charge is 0.345 e. The average molecular weight is 337 g/mol. The van der Waals surface area contributed by atoms with E-state index in [9.17, 15) is 14.4 Å². The minimum absolute atomic E-state index is 0.189. The summed E-state index contributed by atoms with van der Waals surface area (Å²) in [7, 11) is 0. The standard InChI is InChI=1S/C17H15N5O3/c1-10(23)20-11-2-4-12(5-3-11)21-16(24)17(25)22-13-6-7-14-15(8-13)19-9-18-14/h2-9H,1H3,(H,18,19)(H,20,23)(H,21,24)(H,22,25). The van der Waals surface area contributed by atoms with Crippen LogP contribution in [0.5, 0.6) is 0 Å². The fraction of sp³-hybridized carbons (Fsp3) is 0.0588. The maximum Gasteiger partial charge on any atom is 0.314 e. The molecule has 3 amide bonds. The van der Waals surface area contributed by atoms with Gasteiger partial charge >= 0.3 is 11.8 Å². The van der Waals surface area contributed by atoms with Crippen molar-refractivity contribution in [3.05, 3.63) is 48.8 Å². The van der Waals surface area contributed by atoms with Gasteiger partial charge in [0.15, 0.2) is 0 Å². The Bertz CT molecular complexity index is 946. The summed E-state index contributed by atoms with van der Waals surface area (Å²) in [4.78, 5) is 42.0. The summed E-state index contributed by atoms with van der Waals surface area (Å²) in [5, 5.41) is 7.63. The van der Waals surface area contributed by atoms with E-state index in [4.69, 9.17) is 0 Å². The number of nitrogens with one attached hydrogen (secondary N) is 4. The summed E-state index contributed by atoms with van der Waals surface area (Å²) in [6, 6.07) is 11.5. The van der Waals surface area contributed by atoms with Crippen LogP contribution in [0.2, 0.25) is 0 Å². The molecular weight excluding hydrogens is 322 g/mol. The van der Waals surface area contributed by atoms with Crippen molar-refractivity contribution in [2.24, 2.45) is 0 Å². The van der Waals surface area contributed by atoms with Crippen molar-refractivity contribution in [1.29, 1.82) is 0 Å². The Morgan fingerprint density at radius 3 is 2.04 bits per heavy atom. The van der Waals surface area contributed by atoms with Gasteiger partial charge in [-0.25, -0.2) is 4.98 Å². The number of benzene rings is 2. The molecular formula is C17H15N5O3. The van der Waals surface area contributed by atoms with Gasteiger partial charge in [-0.2, -0.15) is 0 Å². The van der Waals surface area contributed by atoms with Crippen LogP contribution in [-0.2, 0) is 14.4 Å². The fourth-order valence-corrected chi connectivity index (χ4v) is 2.23. The Balaban J connectivity index is 1.62. The highest BCUT2D eigenvalue weighted by molar-refractivity contribution is 6.43. The van der Waals surface area contributed by atoms with Gasteiger partial charge in [-0.1, -0.05) is 0 Å². The molecule has 0 atom stereocenters. The number of carbonyl (C=O) groups is 3. The molecule has 8 nitrogen and oxygen atoms in total. The van der Waals surface area contributed by atoms with E-state index in [1.807, 2.05) is 0 Å². The quantitative estimate of drug-likeness (QED) is 0.548. The molecule has 0 saturated carbocycles. The van der Waals surface area contributed by atoms with E-state index >= 15 is 0 Å². The highest BCUT2D eigenvalue weighted by Crippen LogP contribution is 2.16. The second kappa shape index (κ2) is 6.83. The Morgan fingerprint density at radius 2 is 1.40 bits per heavy atom. The number of hydrogen-bond acceptors (Lipinski definition) is 4. The maximum atomic E-state index is 12.0. The number of hydrogen-bond donors (Lipinski definition) is 4. The zero-order valence-electron chi connectivity index (χ0n) is 13.3. The van der Waals surface area contributed by atoms with E-state index in [0.717, 1.165) is 11.0 Å². The van der Waals surface area contributed by atoms with E-state index in [1.165, 1.54) is 6.92 Å². The van der Waals surface area contributed by atoms with Gasteiger partial charge in [-0.3, -0.25) is 14.4 Å².